The standard InChI is InChI=1S/C29H25N2O3PS/c1-22-17-19-26(20-18-22)36(33,34)31-21-28(27-15-9-10-16-29(27)31)23(2)30-35(32,24-11-5-3-6-12-24)25-13-7-4-8-14-25/h3-21H,1-2H3/b30-23-. The molecule has 0 atom stereocenters. The summed E-state index contributed by atoms with van der Waals surface area (Å²) in [5.41, 5.74) is 2.64. The second-order valence-electron chi connectivity index (χ2n) is 8.61. The Morgan fingerprint density at radius 3 is 1.86 bits per heavy atom. The van der Waals surface area contributed by atoms with E-state index in [1.807, 2.05) is 79.7 Å². The van der Waals surface area contributed by atoms with E-state index in [1.54, 1.807) is 49.5 Å². The zero-order chi connectivity index (χ0) is 25.3. The van der Waals surface area contributed by atoms with Gasteiger partial charge in [0.25, 0.3) is 10.0 Å². The third-order valence-corrected chi connectivity index (χ3v) is 10.4. The number of nitrogens with zero attached hydrogens (tertiary/aromatic N) is 2. The SMILES string of the molecule is C/C(=N/P(=O)(c1ccccc1)c1ccccc1)c1cn(S(=O)(=O)c2ccc(C)cc2)c2ccccc12. The van der Waals surface area contributed by atoms with Gasteiger partial charge < -0.3 is 0 Å². The van der Waals surface area contributed by atoms with Crippen molar-refractivity contribution in [3.63, 3.8) is 0 Å². The Labute approximate surface area is 211 Å². The van der Waals surface area contributed by atoms with E-state index in [1.165, 1.54) is 3.97 Å². The van der Waals surface area contributed by atoms with Crippen LogP contribution in [-0.4, -0.2) is 18.1 Å². The van der Waals surface area contributed by atoms with Gasteiger partial charge in [-0.05, 0) is 56.3 Å². The fraction of sp³-hybridized carbons (Fsp3) is 0.0690. The molecule has 5 nitrogen and oxygen atoms in total. The zero-order valence-electron chi connectivity index (χ0n) is 19.9. The Kier molecular flexibility index (Phi) is 6.25. The number of rotatable bonds is 6. The molecule has 0 aliphatic rings. The van der Waals surface area contributed by atoms with Gasteiger partial charge in [-0.25, -0.2) is 17.2 Å². The van der Waals surface area contributed by atoms with Crippen LogP contribution in [0.15, 0.2) is 125 Å². The van der Waals surface area contributed by atoms with Crippen LogP contribution in [0.3, 0.4) is 0 Å². The van der Waals surface area contributed by atoms with Crippen molar-refractivity contribution >= 4 is 44.5 Å². The highest BCUT2D eigenvalue weighted by Crippen LogP contribution is 2.46. The van der Waals surface area contributed by atoms with E-state index in [2.05, 4.69) is 0 Å². The average Bonchev–Trinajstić information content (AvgIpc) is 3.31. The van der Waals surface area contributed by atoms with Gasteiger partial charge in [0.2, 0.25) is 7.29 Å². The van der Waals surface area contributed by atoms with Crippen LogP contribution >= 0.6 is 7.29 Å². The maximum absolute atomic E-state index is 14.5. The van der Waals surface area contributed by atoms with E-state index < -0.39 is 17.3 Å². The molecule has 5 rings (SSSR count). The van der Waals surface area contributed by atoms with Crippen LogP contribution in [0.25, 0.3) is 10.9 Å². The minimum atomic E-state index is -3.85. The van der Waals surface area contributed by atoms with Gasteiger partial charge in [0.05, 0.1) is 10.4 Å². The molecule has 0 N–H and O–H groups in total. The van der Waals surface area contributed by atoms with Crippen LogP contribution in [-0.2, 0) is 14.6 Å². The maximum Gasteiger partial charge on any atom is 0.268 e. The van der Waals surface area contributed by atoms with Crippen molar-refractivity contribution in [2.24, 2.45) is 4.76 Å². The predicted octanol–water partition coefficient (Wildman–Crippen LogP) is 5.92. The van der Waals surface area contributed by atoms with Gasteiger partial charge in [0.15, 0.2) is 0 Å². The molecular weight excluding hydrogens is 487 g/mol. The van der Waals surface area contributed by atoms with Crippen molar-refractivity contribution in [1.29, 1.82) is 0 Å². The van der Waals surface area contributed by atoms with E-state index in [-0.39, 0.29) is 4.90 Å². The highest BCUT2D eigenvalue weighted by Gasteiger charge is 2.28. The summed E-state index contributed by atoms with van der Waals surface area (Å²) in [5.74, 6) is 0. The molecule has 7 heteroatoms. The summed E-state index contributed by atoms with van der Waals surface area (Å²) < 4.78 is 47.8. The average molecular weight is 513 g/mol. The molecule has 36 heavy (non-hydrogen) atoms. The summed E-state index contributed by atoms with van der Waals surface area (Å²) in [6, 6.07) is 32.5. The molecule has 0 aliphatic carbocycles. The van der Waals surface area contributed by atoms with E-state index in [0.29, 0.717) is 27.4 Å². The van der Waals surface area contributed by atoms with E-state index in [9.17, 15) is 13.0 Å². The molecule has 0 fully saturated rings. The van der Waals surface area contributed by atoms with Gasteiger partial charge in [0, 0.05) is 33.5 Å². The minimum absolute atomic E-state index is 0.203. The second kappa shape index (κ2) is 9.38. The van der Waals surface area contributed by atoms with Gasteiger partial charge in [0.1, 0.15) is 0 Å². The summed E-state index contributed by atoms with van der Waals surface area (Å²) in [6.07, 6.45) is 1.58. The van der Waals surface area contributed by atoms with Crippen molar-refractivity contribution in [1.82, 2.24) is 3.97 Å². The zero-order valence-corrected chi connectivity index (χ0v) is 21.7. The number of aryl methyl sites for hydroxylation is 1. The Hall–Kier alpha value is -3.73. The first-order valence-electron chi connectivity index (χ1n) is 11.5. The van der Waals surface area contributed by atoms with E-state index >= 15 is 0 Å². The summed E-state index contributed by atoms with van der Waals surface area (Å²) in [5, 5.41) is 1.96. The van der Waals surface area contributed by atoms with E-state index in [0.717, 1.165) is 10.9 Å². The molecule has 0 aliphatic heterocycles. The monoisotopic (exact) mass is 512 g/mol. The molecule has 0 bridgehead atoms. The van der Waals surface area contributed by atoms with E-state index in [4.69, 9.17) is 4.76 Å². The topological polar surface area (TPSA) is 68.5 Å². The molecule has 0 radical (unpaired) electrons. The van der Waals surface area contributed by atoms with Gasteiger partial charge in [-0.15, -0.1) is 0 Å². The Morgan fingerprint density at radius 1 is 0.750 bits per heavy atom. The lowest BCUT2D eigenvalue weighted by atomic mass is 10.1. The number of aromatic nitrogens is 1. The third kappa shape index (κ3) is 4.23. The quantitative estimate of drug-likeness (QED) is 0.209. The molecule has 1 heterocycles. The number of para-hydroxylation sites is 1. The van der Waals surface area contributed by atoms with Gasteiger partial charge in [-0.3, -0.25) is 4.57 Å². The first-order chi connectivity index (χ1) is 17.3. The summed E-state index contributed by atoms with van der Waals surface area (Å²) in [7, 11) is -7.24. The lowest BCUT2D eigenvalue weighted by molar-refractivity contribution is 0.587. The number of fused-ring (bicyclic) bond motifs is 1. The molecule has 0 amide bonds. The molecular formula is C29H25N2O3PS. The van der Waals surface area contributed by atoms with Crippen molar-refractivity contribution in [3.8, 4) is 0 Å². The third-order valence-electron chi connectivity index (χ3n) is 6.15. The maximum atomic E-state index is 14.5. The Morgan fingerprint density at radius 2 is 1.28 bits per heavy atom. The summed E-state index contributed by atoms with van der Waals surface area (Å²) >= 11 is 0. The smallest absolute Gasteiger partial charge is 0.268 e. The number of hydrogen-bond acceptors (Lipinski definition) is 3. The van der Waals surface area contributed by atoms with Gasteiger partial charge >= 0.3 is 0 Å². The molecule has 0 spiro atoms. The second-order valence-corrected chi connectivity index (χ2v) is 12.8. The van der Waals surface area contributed by atoms with Crippen molar-refractivity contribution in [2.45, 2.75) is 18.7 Å². The Balaban J connectivity index is 1.71. The molecule has 4 aromatic carbocycles. The van der Waals surface area contributed by atoms with Crippen molar-refractivity contribution < 1.29 is 13.0 Å². The van der Waals surface area contributed by atoms with Gasteiger partial charge in [-0.1, -0.05) is 72.3 Å². The lowest BCUT2D eigenvalue weighted by Crippen LogP contribution is -2.15. The van der Waals surface area contributed by atoms with Crippen molar-refractivity contribution in [3.05, 3.63) is 127 Å². The summed E-state index contributed by atoms with van der Waals surface area (Å²) in [6.45, 7) is 3.69. The molecule has 0 saturated carbocycles. The fourth-order valence-corrected chi connectivity index (χ4v) is 7.83. The number of hydrogen-bond donors (Lipinski definition) is 0. The Bertz CT molecular complexity index is 1680. The predicted molar refractivity (Wildman–Crippen MR) is 148 cm³/mol. The highest BCUT2D eigenvalue weighted by atomic mass is 32.2. The largest absolute Gasteiger partial charge is 0.288 e. The van der Waals surface area contributed by atoms with Crippen molar-refractivity contribution in [2.75, 3.05) is 0 Å². The first kappa shape index (κ1) is 24.0. The lowest BCUT2D eigenvalue weighted by Gasteiger charge is -2.16. The highest BCUT2D eigenvalue weighted by molar-refractivity contribution is 7.90. The first-order valence-corrected chi connectivity index (χ1v) is 14.6. The number of benzene rings is 4. The van der Waals surface area contributed by atoms with Crippen LogP contribution in [0.4, 0.5) is 0 Å². The molecule has 180 valence electrons. The molecule has 1 aromatic heterocycles. The van der Waals surface area contributed by atoms with Gasteiger partial charge in [-0.2, -0.15) is 0 Å². The normalized spacial score (nSPS) is 12.7. The minimum Gasteiger partial charge on any atom is -0.288 e. The van der Waals surface area contributed by atoms with Crippen LogP contribution in [0.2, 0.25) is 0 Å². The van der Waals surface area contributed by atoms with Crippen LogP contribution in [0.5, 0.6) is 0 Å². The summed E-state index contributed by atoms with van der Waals surface area (Å²) in [4.78, 5) is 0.203. The van der Waals surface area contributed by atoms with Crippen LogP contribution < -0.4 is 10.6 Å². The van der Waals surface area contributed by atoms with Crippen LogP contribution in [0.1, 0.15) is 18.1 Å². The molecule has 0 saturated heterocycles. The van der Waals surface area contributed by atoms with Crippen LogP contribution in [0, 0.1) is 6.92 Å². The fourth-order valence-electron chi connectivity index (χ4n) is 4.25. The molecule has 5 aromatic rings. The molecule has 0 unspecified atom stereocenters.